The second kappa shape index (κ2) is 5.95. The second-order valence-electron chi connectivity index (χ2n) is 3.50. The molecule has 1 aromatic heterocycles. The van der Waals surface area contributed by atoms with Gasteiger partial charge in [-0.15, -0.1) is 11.3 Å². The lowest BCUT2D eigenvalue weighted by Gasteiger charge is -2.18. The van der Waals surface area contributed by atoms with Crippen molar-refractivity contribution in [3.8, 4) is 0 Å². The number of hydrogen-bond donors (Lipinski definition) is 4. The van der Waals surface area contributed by atoms with E-state index in [9.17, 15) is 15.0 Å². The molecule has 16 heavy (non-hydrogen) atoms. The van der Waals surface area contributed by atoms with Crippen LogP contribution in [-0.4, -0.2) is 40.0 Å². The molecule has 0 spiro atoms. The summed E-state index contributed by atoms with van der Waals surface area (Å²) in [5.74, 6) is -1.13. The highest BCUT2D eigenvalue weighted by molar-refractivity contribution is 7.10. The molecule has 0 saturated heterocycles. The fourth-order valence-corrected chi connectivity index (χ4v) is 2.00. The zero-order valence-electron chi connectivity index (χ0n) is 8.83. The summed E-state index contributed by atoms with van der Waals surface area (Å²) in [5.41, 5.74) is 0. The number of rotatable bonds is 6. The molecule has 3 unspecified atom stereocenters. The van der Waals surface area contributed by atoms with Gasteiger partial charge in [-0.1, -0.05) is 6.07 Å². The van der Waals surface area contributed by atoms with Crippen molar-refractivity contribution in [2.24, 2.45) is 0 Å². The molecule has 90 valence electrons. The van der Waals surface area contributed by atoms with Crippen molar-refractivity contribution in [2.75, 3.05) is 6.54 Å². The van der Waals surface area contributed by atoms with E-state index in [-0.39, 0.29) is 6.54 Å². The summed E-state index contributed by atoms with van der Waals surface area (Å²) in [6.45, 7) is 1.49. The van der Waals surface area contributed by atoms with Crippen LogP contribution in [0, 0.1) is 0 Å². The molecule has 1 aromatic rings. The number of hydrogen-bond acceptors (Lipinski definition) is 5. The Labute approximate surface area is 97.4 Å². The first-order chi connectivity index (χ1) is 7.52. The summed E-state index contributed by atoms with van der Waals surface area (Å²) in [6, 6.07) is 2.52. The van der Waals surface area contributed by atoms with Crippen LogP contribution in [0.3, 0.4) is 0 Å². The van der Waals surface area contributed by atoms with Crippen LogP contribution >= 0.6 is 11.3 Å². The normalized spacial score (nSPS) is 16.7. The standard InChI is InChI=1S/C10H15NO4S/c1-6(12)9(10(14)15)11-5-7(13)8-3-2-4-16-8/h2-4,6-7,9,11-13H,5H2,1H3,(H,14,15). The van der Waals surface area contributed by atoms with E-state index in [1.807, 2.05) is 11.4 Å². The van der Waals surface area contributed by atoms with Crippen LogP contribution in [0.15, 0.2) is 17.5 Å². The molecular formula is C10H15NO4S. The van der Waals surface area contributed by atoms with E-state index in [1.165, 1.54) is 18.3 Å². The van der Waals surface area contributed by atoms with E-state index >= 15 is 0 Å². The summed E-state index contributed by atoms with van der Waals surface area (Å²) in [6.07, 6.45) is -1.76. The fourth-order valence-electron chi connectivity index (χ4n) is 1.28. The van der Waals surface area contributed by atoms with Crippen molar-refractivity contribution < 1.29 is 20.1 Å². The van der Waals surface area contributed by atoms with Crippen molar-refractivity contribution in [3.05, 3.63) is 22.4 Å². The molecule has 0 radical (unpaired) electrons. The molecule has 0 fully saturated rings. The molecule has 1 rings (SSSR count). The van der Waals surface area contributed by atoms with Crippen molar-refractivity contribution in [1.82, 2.24) is 5.32 Å². The van der Waals surface area contributed by atoms with Gasteiger partial charge >= 0.3 is 5.97 Å². The molecular weight excluding hydrogens is 230 g/mol. The smallest absolute Gasteiger partial charge is 0.323 e. The lowest BCUT2D eigenvalue weighted by molar-refractivity contribution is -0.142. The van der Waals surface area contributed by atoms with Crippen LogP contribution in [0.25, 0.3) is 0 Å². The number of carbonyl (C=O) groups is 1. The van der Waals surface area contributed by atoms with Crippen LogP contribution in [0.4, 0.5) is 0 Å². The molecule has 5 nitrogen and oxygen atoms in total. The van der Waals surface area contributed by atoms with Gasteiger partial charge in [0.1, 0.15) is 12.1 Å². The number of aliphatic hydroxyl groups excluding tert-OH is 2. The van der Waals surface area contributed by atoms with Crippen molar-refractivity contribution in [1.29, 1.82) is 0 Å². The summed E-state index contributed by atoms with van der Waals surface area (Å²) < 4.78 is 0. The first kappa shape index (κ1) is 13.1. The third-order valence-corrected chi connectivity index (χ3v) is 3.12. The van der Waals surface area contributed by atoms with Gasteiger partial charge in [0.05, 0.1) is 6.10 Å². The van der Waals surface area contributed by atoms with Gasteiger partial charge in [-0.2, -0.15) is 0 Å². The first-order valence-electron chi connectivity index (χ1n) is 4.88. The maximum atomic E-state index is 10.7. The summed E-state index contributed by atoms with van der Waals surface area (Å²) in [4.78, 5) is 11.5. The average molecular weight is 245 g/mol. The highest BCUT2D eigenvalue weighted by Gasteiger charge is 2.23. The molecule has 0 aliphatic rings. The number of aliphatic carboxylic acids is 1. The van der Waals surface area contributed by atoms with Crippen LogP contribution in [0.1, 0.15) is 17.9 Å². The van der Waals surface area contributed by atoms with E-state index in [4.69, 9.17) is 5.11 Å². The van der Waals surface area contributed by atoms with Gasteiger partial charge in [0.25, 0.3) is 0 Å². The number of carboxylic acids is 1. The number of thiophene rings is 1. The second-order valence-corrected chi connectivity index (χ2v) is 4.48. The zero-order chi connectivity index (χ0) is 12.1. The SMILES string of the molecule is CC(O)C(NCC(O)c1cccs1)C(=O)O. The first-order valence-corrected chi connectivity index (χ1v) is 5.76. The number of aliphatic hydroxyl groups is 2. The van der Waals surface area contributed by atoms with Crippen LogP contribution < -0.4 is 5.32 Å². The van der Waals surface area contributed by atoms with Gasteiger partial charge in [0.15, 0.2) is 0 Å². The summed E-state index contributed by atoms with van der Waals surface area (Å²) in [5, 5.41) is 32.1. The predicted molar refractivity (Wildman–Crippen MR) is 60.4 cm³/mol. The minimum atomic E-state index is -1.13. The van der Waals surface area contributed by atoms with Gasteiger partial charge in [-0.25, -0.2) is 0 Å². The quantitative estimate of drug-likeness (QED) is 0.575. The Bertz CT molecular complexity index is 326. The lowest BCUT2D eigenvalue weighted by Crippen LogP contribution is -2.46. The lowest BCUT2D eigenvalue weighted by atomic mass is 10.1. The van der Waals surface area contributed by atoms with Crippen LogP contribution in [0.5, 0.6) is 0 Å². The minimum absolute atomic E-state index is 0.0996. The minimum Gasteiger partial charge on any atom is -0.480 e. The molecule has 0 bridgehead atoms. The van der Waals surface area contributed by atoms with Gasteiger partial charge in [0, 0.05) is 11.4 Å². The average Bonchev–Trinajstić information content (AvgIpc) is 2.69. The zero-order valence-corrected chi connectivity index (χ0v) is 9.65. The number of carboxylic acid groups (broad SMARTS) is 1. The Morgan fingerprint density at radius 3 is 2.69 bits per heavy atom. The Balaban J connectivity index is 2.46. The Morgan fingerprint density at radius 2 is 2.25 bits per heavy atom. The Hall–Kier alpha value is -0.950. The molecule has 0 aliphatic carbocycles. The molecule has 1 heterocycles. The van der Waals surface area contributed by atoms with Crippen molar-refractivity contribution >= 4 is 17.3 Å². The van der Waals surface area contributed by atoms with E-state index in [0.717, 1.165) is 4.88 Å². The van der Waals surface area contributed by atoms with Gasteiger partial charge in [-0.3, -0.25) is 10.1 Å². The maximum Gasteiger partial charge on any atom is 0.323 e. The van der Waals surface area contributed by atoms with E-state index in [2.05, 4.69) is 5.32 Å². The van der Waals surface area contributed by atoms with Crippen molar-refractivity contribution in [2.45, 2.75) is 25.2 Å². The van der Waals surface area contributed by atoms with Crippen LogP contribution in [0.2, 0.25) is 0 Å². The van der Waals surface area contributed by atoms with Crippen molar-refractivity contribution in [3.63, 3.8) is 0 Å². The summed E-state index contributed by atoms with van der Waals surface area (Å²) in [7, 11) is 0. The van der Waals surface area contributed by atoms with Crippen LogP contribution in [-0.2, 0) is 4.79 Å². The molecule has 0 saturated carbocycles. The molecule has 0 aromatic carbocycles. The maximum absolute atomic E-state index is 10.7. The third-order valence-electron chi connectivity index (χ3n) is 2.15. The third kappa shape index (κ3) is 3.57. The van der Waals surface area contributed by atoms with Gasteiger partial charge in [0.2, 0.25) is 0 Å². The highest BCUT2D eigenvalue weighted by Crippen LogP contribution is 2.17. The molecule has 0 amide bonds. The summed E-state index contributed by atoms with van der Waals surface area (Å²) >= 11 is 1.40. The monoisotopic (exact) mass is 245 g/mol. The largest absolute Gasteiger partial charge is 0.480 e. The molecule has 6 heteroatoms. The Kier molecular flexibility index (Phi) is 4.88. The molecule has 3 atom stereocenters. The van der Waals surface area contributed by atoms with Gasteiger partial charge in [-0.05, 0) is 18.4 Å². The molecule has 4 N–H and O–H groups in total. The van der Waals surface area contributed by atoms with Gasteiger partial charge < -0.3 is 15.3 Å². The van der Waals surface area contributed by atoms with E-state index < -0.39 is 24.2 Å². The van der Waals surface area contributed by atoms with E-state index in [1.54, 1.807) is 6.07 Å². The Morgan fingerprint density at radius 1 is 1.56 bits per heavy atom. The highest BCUT2D eigenvalue weighted by atomic mass is 32.1. The fraction of sp³-hybridized carbons (Fsp3) is 0.500. The topological polar surface area (TPSA) is 89.8 Å². The van der Waals surface area contributed by atoms with E-state index in [0.29, 0.717) is 0 Å². The molecule has 0 aliphatic heterocycles. The number of nitrogens with one attached hydrogen (secondary N) is 1. The predicted octanol–water partition coefficient (Wildman–Crippen LogP) is 0.205.